The second-order valence-electron chi connectivity index (χ2n) is 4.43. The van der Waals surface area contributed by atoms with Crippen molar-refractivity contribution in [1.29, 1.82) is 0 Å². The van der Waals surface area contributed by atoms with Crippen molar-refractivity contribution in [3.05, 3.63) is 29.8 Å². The van der Waals surface area contributed by atoms with E-state index in [1.807, 2.05) is 0 Å². The van der Waals surface area contributed by atoms with Crippen LogP contribution in [0.4, 0.5) is 0 Å². The lowest BCUT2D eigenvalue weighted by molar-refractivity contribution is -0.141. The number of hydrogen-bond donors (Lipinski definition) is 2. The van der Waals surface area contributed by atoms with E-state index >= 15 is 0 Å². The first-order valence-corrected chi connectivity index (χ1v) is 5.89. The Kier molecular flexibility index (Phi) is 3.71. The van der Waals surface area contributed by atoms with Crippen LogP contribution in [0.2, 0.25) is 0 Å². The molecule has 0 saturated carbocycles. The van der Waals surface area contributed by atoms with Crippen molar-refractivity contribution >= 4 is 11.9 Å². The maximum absolute atomic E-state index is 12.3. The molecule has 0 spiro atoms. The van der Waals surface area contributed by atoms with Crippen LogP contribution in [0.3, 0.4) is 0 Å². The normalized spacial score (nSPS) is 22.3. The predicted octanol–water partition coefficient (Wildman–Crippen LogP) is 0.355. The van der Waals surface area contributed by atoms with Gasteiger partial charge in [-0.25, -0.2) is 4.79 Å². The van der Waals surface area contributed by atoms with Crippen LogP contribution < -0.4 is 4.74 Å². The number of carboxylic acids is 1. The van der Waals surface area contributed by atoms with E-state index in [0.717, 1.165) is 0 Å². The Bertz CT molecular complexity index is 502. The van der Waals surface area contributed by atoms with Crippen molar-refractivity contribution in [3.63, 3.8) is 0 Å². The average Bonchev–Trinajstić information content (AvgIpc) is 2.80. The van der Waals surface area contributed by atoms with Gasteiger partial charge in [-0.05, 0) is 18.2 Å². The van der Waals surface area contributed by atoms with Crippen LogP contribution in [-0.4, -0.2) is 52.8 Å². The molecule has 0 aliphatic carbocycles. The monoisotopic (exact) mass is 265 g/mol. The number of ether oxygens (including phenoxy) is 1. The summed E-state index contributed by atoms with van der Waals surface area (Å²) in [5, 5.41) is 18.6. The third kappa shape index (κ3) is 2.68. The van der Waals surface area contributed by atoms with Gasteiger partial charge in [-0.3, -0.25) is 4.79 Å². The van der Waals surface area contributed by atoms with Crippen LogP contribution in [0.1, 0.15) is 16.8 Å². The Morgan fingerprint density at radius 2 is 2.16 bits per heavy atom. The van der Waals surface area contributed by atoms with E-state index in [9.17, 15) is 14.7 Å². The molecule has 1 fully saturated rings. The largest absolute Gasteiger partial charge is 0.497 e. The van der Waals surface area contributed by atoms with Gasteiger partial charge in [-0.2, -0.15) is 0 Å². The van der Waals surface area contributed by atoms with Crippen LogP contribution in [0.25, 0.3) is 0 Å². The molecule has 0 unspecified atom stereocenters. The molecule has 0 aromatic heterocycles. The van der Waals surface area contributed by atoms with Crippen LogP contribution in [-0.2, 0) is 4.79 Å². The summed E-state index contributed by atoms with van der Waals surface area (Å²) in [4.78, 5) is 24.5. The van der Waals surface area contributed by atoms with E-state index in [4.69, 9.17) is 9.84 Å². The average molecular weight is 265 g/mol. The van der Waals surface area contributed by atoms with E-state index in [-0.39, 0.29) is 13.0 Å². The van der Waals surface area contributed by atoms with Gasteiger partial charge >= 0.3 is 5.97 Å². The molecule has 1 aliphatic heterocycles. The fourth-order valence-electron chi connectivity index (χ4n) is 2.19. The Morgan fingerprint density at radius 3 is 2.79 bits per heavy atom. The minimum Gasteiger partial charge on any atom is -0.497 e. The first-order chi connectivity index (χ1) is 9.02. The number of carbonyl (C=O) groups excluding carboxylic acids is 1. The quantitative estimate of drug-likeness (QED) is 0.823. The smallest absolute Gasteiger partial charge is 0.326 e. The number of likely N-dealkylation sites (tertiary alicyclic amines) is 1. The second kappa shape index (κ2) is 5.27. The molecule has 19 heavy (non-hydrogen) atoms. The Labute approximate surface area is 110 Å². The zero-order valence-electron chi connectivity index (χ0n) is 10.4. The van der Waals surface area contributed by atoms with Gasteiger partial charge in [-0.15, -0.1) is 0 Å². The number of benzene rings is 1. The summed E-state index contributed by atoms with van der Waals surface area (Å²) < 4.78 is 5.03. The predicted molar refractivity (Wildman–Crippen MR) is 66.1 cm³/mol. The molecule has 2 rings (SSSR count). The Morgan fingerprint density at radius 1 is 1.42 bits per heavy atom. The fourth-order valence-corrected chi connectivity index (χ4v) is 2.19. The van der Waals surface area contributed by atoms with Gasteiger partial charge in [0.2, 0.25) is 0 Å². The number of nitrogens with zero attached hydrogens (tertiary/aromatic N) is 1. The SMILES string of the molecule is COc1cccc(C(=O)N2C[C@H](O)C[C@H]2C(=O)O)c1. The minimum absolute atomic E-state index is 0.0347. The summed E-state index contributed by atoms with van der Waals surface area (Å²) in [7, 11) is 1.49. The molecule has 1 amide bonds. The molecule has 1 aliphatic rings. The molecule has 6 heteroatoms. The van der Waals surface area contributed by atoms with Crippen LogP contribution in [0.5, 0.6) is 5.75 Å². The number of β-amino-alcohol motifs (C(OH)–C–C–N with tert-alkyl or cyclic N) is 1. The van der Waals surface area contributed by atoms with E-state index in [0.29, 0.717) is 11.3 Å². The molecule has 2 atom stereocenters. The highest BCUT2D eigenvalue weighted by molar-refractivity contribution is 5.97. The third-order valence-electron chi connectivity index (χ3n) is 3.14. The van der Waals surface area contributed by atoms with Gasteiger partial charge in [0.05, 0.1) is 13.2 Å². The number of aliphatic carboxylic acids is 1. The van der Waals surface area contributed by atoms with Crippen molar-refractivity contribution in [2.45, 2.75) is 18.6 Å². The van der Waals surface area contributed by atoms with E-state index in [2.05, 4.69) is 0 Å². The standard InChI is InChI=1S/C13H15NO5/c1-19-10-4-2-3-8(5-10)12(16)14-7-9(15)6-11(14)13(17)18/h2-5,9,11,15H,6-7H2,1H3,(H,17,18)/t9-,11+/m1/s1. The highest BCUT2D eigenvalue weighted by atomic mass is 16.5. The van der Waals surface area contributed by atoms with Gasteiger partial charge in [0, 0.05) is 18.5 Å². The van der Waals surface area contributed by atoms with Gasteiger partial charge in [0.15, 0.2) is 0 Å². The Hall–Kier alpha value is -2.08. The third-order valence-corrected chi connectivity index (χ3v) is 3.14. The number of carboxylic acid groups (broad SMARTS) is 1. The summed E-state index contributed by atoms with van der Waals surface area (Å²) in [6.45, 7) is 0.0347. The molecule has 1 heterocycles. The zero-order chi connectivity index (χ0) is 14.0. The van der Waals surface area contributed by atoms with Gasteiger partial charge in [-0.1, -0.05) is 6.07 Å². The highest BCUT2D eigenvalue weighted by Crippen LogP contribution is 2.22. The Balaban J connectivity index is 2.24. The second-order valence-corrected chi connectivity index (χ2v) is 4.43. The number of aliphatic hydroxyl groups is 1. The molecule has 1 aromatic carbocycles. The minimum atomic E-state index is -1.10. The number of methoxy groups -OCH3 is 1. The molecule has 2 N–H and O–H groups in total. The number of aliphatic hydroxyl groups excluding tert-OH is 1. The molecular formula is C13H15NO5. The molecule has 102 valence electrons. The van der Waals surface area contributed by atoms with Crippen molar-refractivity contribution < 1.29 is 24.5 Å². The van der Waals surface area contributed by atoms with Crippen molar-refractivity contribution in [2.24, 2.45) is 0 Å². The first-order valence-electron chi connectivity index (χ1n) is 5.89. The summed E-state index contributed by atoms with van der Waals surface area (Å²) in [5.74, 6) is -0.992. The van der Waals surface area contributed by atoms with E-state index in [1.54, 1.807) is 24.3 Å². The van der Waals surface area contributed by atoms with Crippen molar-refractivity contribution in [3.8, 4) is 5.75 Å². The lowest BCUT2D eigenvalue weighted by Crippen LogP contribution is -2.40. The van der Waals surface area contributed by atoms with Gasteiger partial charge in [0.25, 0.3) is 5.91 Å². The summed E-state index contributed by atoms with van der Waals surface area (Å²) in [6, 6.07) is 5.52. The number of rotatable bonds is 3. The lowest BCUT2D eigenvalue weighted by atomic mass is 10.1. The van der Waals surface area contributed by atoms with Crippen molar-refractivity contribution in [1.82, 2.24) is 4.90 Å². The molecular weight excluding hydrogens is 250 g/mol. The zero-order valence-corrected chi connectivity index (χ0v) is 10.4. The summed E-state index contributed by atoms with van der Waals surface area (Å²) in [6.07, 6.45) is -0.735. The maximum atomic E-state index is 12.3. The van der Waals surface area contributed by atoms with Crippen LogP contribution in [0.15, 0.2) is 24.3 Å². The van der Waals surface area contributed by atoms with Crippen LogP contribution in [0, 0.1) is 0 Å². The number of hydrogen-bond acceptors (Lipinski definition) is 4. The highest BCUT2D eigenvalue weighted by Gasteiger charge is 2.39. The van der Waals surface area contributed by atoms with Gasteiger partial charge < -0.3 is 19.8 Å². The van der Waals surface area contributed by atoms with Crippen molar-refractivity contribution in [2.75, 3.05) is 13.7 Å². The molecule has 1 saturated heterocycles. The topological polar surface area (TPSA) is 87.1 Å². The number of carbonyl (C=O) groups is 2. The molecule has 1 aromatic rings. The first kappa shape index (κ1) is 13.4. The number of amides is 1. The molecule has 0 bridgehead atoms. The molecule has 0 radical (unpaired) electrons. The lowest BCUT2D eigenvalue weighted by Gasteiger charge is -2.21. The molecule has 6 nitrogen and oxygen atoms in total. The van der Waals surface area contributed by atoms with Gasteiger partial charge in [0.1, 0.15) is 11.8 Å². The van der Waals surface area contributed by atoms with Crippen LogP contribution >= 0.6 is 0 Å². The summed E-state index contributed by atoms with van der Waals surface area (Å²) in [5.41, 5.74) is 0.347. The van der Waals surface area contributed by atoms with E-state index in [1.165, 1.54) is 12.0 Å². The summed E-state index contributed by atoms with van der Waals surface area (Å²) >= 11 is 0. The van der Waals surface area contributed by atoms with E-state index < -0.39 is 24.0 Å². The fraction of sp³-hybridized carbons (Fsp3) is 0.385. The maximum Gasteiger partial charge on any atom is 0.326 e.